The van der Waals surface area contributed by atoms with Gasteiger partial charge in [0.2, 0.25) is 5.91 Å². The predicted molar refractivity (Wildman–Crippen MR) is 99.3 cm³/mol. The second-order valence-electron chi connectivity index (χ2n) is 8.35. The number of aromatic nitrogens is 1. The first kappa shape index (κ1) is 17.1. The molecule has 4 bridgehead atoms. The van der Waals surface area contributed by atoms with Crippen molar-refractivity contribution in [3.63, 3.8) is 0 Å². The summed E-state index contributed by atoms with van der Waals surface area (Å²) >= 11 is 0. The minimum Gasteiger partial charge on any atom is -0.384 e. The van der Waals surface area contributed by atoms with Crippen molar-refractivity contribution in [3.8, 4) is 0 Å². The van der Waals surface area contributed by atoms with Crippen LogP contribution in [-0.2, 0) is 4.79 Å². The van der Waals surface area contributed by atoms with E-state index in [2.05, 4.69) is 20.9 Å². The van der Waals surface area contributed by atoms with Crippen molar-refractivity contribution in [2.75, 3.05) is 17.6 Å². The first-order valence-corrected chi connectivity index (χ1v) is 9.57. The fourth-order valence-electron chi connectivity index (χ4n) is 5.54. The number of urea groups is 1. The number of hydrogen-bond acceptors (Lipinski definition) is 4. The first-order chi connectivity index (χ1) is 12.5. The lowest BCUT2D eigenvalue weighted by Gasteiger charge is -2.56. The van der Waals surface area contributed by atoms with Gasteiger partial charge >= 0.3 is 6.03 Å². The van der Waals surface area contributed by atoms with E-state index >= 15 is 0 Å². The molecule has 4 aliphatic rings. The van der Waals surface area contributed by atoms with Gasteiger partial charge in [0.05, 0.1) is 11.9 Å². The van der Waals surface area contributed by atoms with Crippen LogP contribution in [0.5, 0.6) is 0 Å². The van der Waals surface area contributed by atoms with Gasteiger partial charge in [0.1, 0.15) is 5.82 Å². The summed E-state index contributed by atoms with van der Waals surface area (Å²) in [6, 6.07) is 3.19. The Morgan fingerprint density at radius 1 is 1.12 bits per heavy atom. The van der Waals surface area contributed by atoms with E-state index in [1.54, 1.807) is 12.1 Å². The molecule has 0 saturated heterocycles. The molecule has 0 aliphatic heterocycles. The molecule has 1 heterocycles. The number of anilines is 2. The van der Waals surface area contributed by atoms with Gasteiger partial charge in [-0.3, -0.25) is 4.79 Å². The van der Waals surface area contributed by atoms with Gasteiger partial charge in [-0.25, -0.2) is 9.78 Å². The highest BCUT2D eigenvalue weighted by molar-refractivity contribution is 5.91. The number of carbonyl (C=O) groups is 2. The Kier molecular flexibility index (Phi) is 4.46. The van der Waals surface area contributed by atoms with Crippen LogP contribution in [0.15, 0.2) is 18.3 Å². The molecule has 1 aromatic rings. The number of hydrogen-bond donors (Lipinski definition) is 4. The molecule has 0 radical (unpaired) electrons. The first-order valence-electron chi connectivity index (χ1n) is 9.57. The number of pyridine rings is 1. The third-order valence-electron chi connectivity index (χ3n) is 6.12. The predicted octanol–water partition coefficient (Wildman–Crippen LogP) is 2.26. The summed E-state index contributed by atoms with van der Waals surface area (Å²) in [7, 11) is 0. The Labute approximate surface area is 153 Å². The van der Waals surface area contributed by atoms with Gasteiger partial charge in [-0.05, 0) is 68.4 Å². The summed E-state index contributed by atoms with van der Waals surface area (Å²) in [5.74, 6) is 2.63. The molecule has 7 heteroatoms. The highest BCUT2D eigenvalue weighted by Gasteiger charge is 2.51. The number of carbonyl (C=O) groups excluding carboxylic acids is 2. The molecule has 0 spiro atoms. The molecule has 5 N–H and O–H groups in total. The van der Waals surface area contributed by atoms with E-state index in [1.165, 1.54) is 25.5 Å². The maximum atomic E-state index is 12.3. The van der Waals surface area contributed by atoms with E-state index in [0.29, 0.717) is 18.1 Å². The van der Waals surface area contributed by atoms with Crippen LogP contribution in [0.4, 0.5) is 16.3 Å². The zero-order valence-corrected chi connectivity index (χ0v) is 15.0. The van der Waals surface area contributed by atoms with E-state index < -0.39 is 0 Å². The molecule has 1 aromatic heterocycles. The molecule has 0 unspecified atom stereocenters. The molecule has 4 aliphatic carbocycles. The second-order valence-corrected chi connectivity index (χ2v) is 8.35. The lowest BCUT2D eigenvalue weighted by atomic mass is 9.53. The van der Waals surface area contributed by atoms with E-state index in [1.807, 2.05) is 0 Å². The van der Waals surface area contributed by atoms with Gasteiger partial charge in [-0.2, -0.15) is 0 Å². The van der Waals surface area contributed by atoms with Gasteiger partial charge in [0.15, 0.2) is 0 Å². The van der Waals surface area contributed by atoms with Gasteiger partial charge in [0, 0.05) is 18.5 Å². The Balaban J connectivity index is 1.21. The quantitative estimate of drug-likeness (QED) is 0.648. The average Bonchev–Trinajstić information content (AvgIpc) is 2.55. The third kappa shape index (κ3) is 3.76. The van der Waals surface area contributed by atoms with Crippen LogP contribution in [0.25, 0.3) is 0 Å². The smallest absolute Gasteiger partial charge is 0.315 e. The molecule has 0 aromatic carbocycles. The van der Waals surface area contributed by atoms with Crippen LogP contribution in [0.2, 0.25) is 0 Å². The highest BCUT2D eigenvalue weighted by Crippen LogP contribution is 2.55. The number of nitrogens with two attached hydrogens (primary N) is 1. The Morgan fingerprint density at radius 2 is 1.77 bits per heavy atom. The molecule has 26 heavy (non-hydrogen) atoms. The lowest BCUT2D eigenvalue weighted by Crippen LogP contribution is -2.61. The number of nitrogens with zero attached hydrogens (tertiary/aromatic N) is 1. The number of nitrogens with one attached hydrogen (secondary N) is 3. The third-order valence-corrected chi connectivity index (χ3v) is 6.12. The molecule has 4 fully saturated rings. The van der Waals surface area contributed by atoms with Crippen molar-refractivity contribution in [1.29, 1.82) is 0 Å². The molecular formula is C19H27N5O2. The van der Waals surface area contributed by atoms with E-state index in [0.717, 1.165) is 37.0 Å². The fourth-order valence-corrected chi connectivity index (χ4v) is 5.54. The molecule has 140 valence electrons. The monoisotopic (exact) mass is 357 g/mol. The molecule has 3 amide bonds. The number of rotatable bonds is 5. The Hall–Kier alpha value is -2.31. The Morgan fingerprint density at radius 3 is 2.35 bits per heavy atom. The van der Waals surface area contributed by atoms with Crippen molar-refractivity contribution < 1.29 is 9.59 Å². The summed E-state index contributed by atoms with van der Waals surface area (Å²) in [6.45, 7) is 0.312. The topological polar surface area (TPSA) is 109 Å². The van der Waals surface area contributed by atoms with Crippen molar-refractivity contribution in [2.45, 2.75) is 50.5 Å². The van der Waals surface area contributed by atoms with Crippen LogP contribution in [0.3, 0.4) is 0 Å². The van der Waals surface area contributed by atoms with Crippen molar-refractivity contribution in [3.05, 3.63) is 18.3 Å². The average molecular weight is 357 g/mol. The summed E-state index contributed by atoms with van der Waals surface area (Å²) in [5.41, 5.74) is 6.11. The number of nitrogen functional groups attached to an aromatic ring is 1. The van der Waals surface area contributed by atoms with Crippen molar-refractivity contribution in [1.82, 2.24) is 15.6 Å². The maximum absolute atomic E-state index is 12.3. The minimum atomic E-state index is -0.160. The van der Waals surface area contributed by atoms with Crippen LogP contribution in [0, 0.1) is 17.8 Å². The van der Waals surface area contributed by atoms with Gasteiger partial charge in [0.25, 0.3) is 0 Å². The summed E-state index contributed by atoms with van der Waals surface area (Å²) in [6.07, 6.45) is 9.15. The molecular weight excluding hydrogens is 330 g/mol. The molecule has 5 rings (SSSR count). The van der Waals surface area contributed by atoms with Crippen molar-refractivity contribution in [2.24, 2.45) is 17.8 Å². The van der Waals surface area contributed by atoms with E-state index in [9.17, 15) is 9.59 Å². The summed E-state index contributed by atoms with van der Waals surface area (Å²) < 4.78 is 0. The van der Waals surface area contributed by atoms with Gasteiger partial charge in [-0.1, -0.05) is 0 Å². The van der Waals surface area contributed by atoms with Gasteiger partial charge < -0.3 is 21.7 Å². The normalized spacial score (nSPS) is 31.5. The van der Waals surface area contributed by atoms with E-state index in [-0.39, 0.29) is 23.9 Å². The van der Waals surface area contributed by atoms with Crippen LogP contribution in [0.1, 0.15) is 44.9 Å². The fraction of sp³-hybridized carbons (Fsp3) is 0.632. The zero-order chi connectivity index (χ0) is 18.1. The van der Waals surface area contributed by atoms with Gasteiger partial charge in [-0.15, -0.1) is 0 Å². The summed E-state index contributed by atoms with van der Waals surface area (Å²) in [5, 5.41) is 8.83. The van der Waals surface area contributed by atoms with Crippen LogP contribution >= 0.6 is 0 Å². The minimum absolute atomic E-state index is 0.00324. The molecule has 4 saturated carbocycles. The zero-order valence-electron chi connectivity index (χ0n) is 15.0. The molecule has 7 nitrogen and oxygen atoms in total. The molecule has 0 atom stereocenters. The lowest BCUT2D eigenvalue weighted by molar-refractivity contribution is -0.116. The summed E-state index contributed by atoms with van der Waals surface area (Å²) in [4.78, 5) is 28.2. The largest absolute Gasteiger partial charge is 0.384 e. The number of amides is 3. The highest BCUT2D eigenvalue weighted by atomic mass is 16.2. The Bertz CT molecular complexity index is 652. The second kappa shape index (κ2) is 6.78. The standard InChI is InChI=1S/C19H27N5O2/c20-16-2-1-15(11-22-16)23-17(25)3-4-21-18(26)24-19-8-12-5-13(9-19)7-14(6-12)10-19/h1-2,11-14H,3-10H2,(H2,20,22)(H,23,25)(H2,21,24,26). The maximum Gasteiger partial charge on any atom is 0.315 e. The van der Waals surface area contributed by atoms with E-state index in [4.69, 9.17) is 5.73 Å². The van der Waals surface area contributed by atoms with Crippen LogP contribution in [-0.4, -0.2) is 29.0 Å². The van der Waals surface area contributed by atoms with Crippen molar-refractivity contribution >= 4 is 23.4 Å². The van der Waals surface area contributed by atoms with Crippen LogP contribution < -0.4 is 21.7 Å². The SMILES string of the molecule is Nc1ccc(NC(=O)CCNC(=O)NC23CC4CC(CC(C4)C2)C3)cn1.